The third-order valence-corrected chi connectivity index (χ3v) is 7.31. The molecule has 0 bridgehead atoms. The normalized spacial score (nSPS) is 11.5. The lowest BCUT2D eigenvalue weighted by molar-refractivity contribution is -0.136. The fraction of sp³-hybridized carbons (Fsp3) is 0.192. The highest BCUT2D eigenvalue weighted by Crippen LogP contribution is 2.38. The molecule has 0 aliphatic rings. The first-order valence-corrected chi connectivity index (χ1v) is 12.3. The number of aliphatic carboxylic acids is 1. The Bertz CT molecular complexity index is 1440. The number of carboxylic acids is 1. The van der Waals surface area contributed by atoms with Gasteiger partial charge < -0.3 is 14.6 Å². The van der Waals surface area contributed by atoms with Gasteiger partial charge in [0.05, 0.1) is 19.2 Å². The number of fused-ring (bicyclic) bond motifs is 1. The molecule has 34 heavy (non-hydrogen) atoms. The van der Waals surface area contributed by atoms with Crippen LogP contribution in [0.15, 0.2) is 77.8 Å². The van der Waals surface area contributed by atoms with Crippen LogP contribution in [0.2, 0.25) is 0 Å². The number of ether oxygens (including phenoxy) is 2. The molecule has 176 valence electrons. The van der Waals surface area contributed by atoms with E-state index in [0.29, 0.717) is 34.4 Å². The third kappa shape index (κ3) is 4.36. The molecule has 0 fully saturated rings. The van der Waals surface area contributed by atoms with Crippen LogP contribution in [0, 0.1) is 0 Å². The number of aromatic nitrogens is 1. The third-order valence-electron chi connectivity index (χ3n) is 5.55. The highest BCUT2D eigenvalue weighted by molar-refractivity contribution is 7.90. The quantitative estimate of drug-likeness (QED) is 0.364. The van der Waals surface area contributed by atoms with Gasteiger partial charge in [0, 0.05) is 23.6 Å². The van der Waals surface area contributed by atoms with Crippen molar-refractivity contribution in [3.8, 4) is 22.6 Å². The van der Waals surface area contributed by atoms with Crippen LogP contribution >= 0.6 is 0 Å². The van der Waals surface area contributed by atoms with Gasteiger partial charge >= 0.3 is 5.97 Å². The van der Waals surface area contributed by atoms with E-state index in [1.54, 1.807) is 43.3 Å². The molecular formula is C26H25NO6S. The van der Waals surface area contributed by atoms with Gasteiger partial charge in [-0.15, -0.1) is 0 Å². The van der Waals surface area contributed by atoms with Crippen LogP contribution in [0.5, 0.6) is 11.5 Å². The van der Waals surface area contributed by atoms with Crippen molar-refractivity contribution in [1.29, 1.82) is 0 Å². The zero-order valence-electron chi connectivity index (χ0n) is 18.9. The van der Waals surface area contributed by atoms with Crippen molar-refractivity contribution >= 4 is 26.9 Å². The summed E-state index contributed by atoms with van der Waals surface area (Å²) >= 11 is 0. The molecule has 0 atom stereocenters. The summed E-state index contributed by atoms with van der Waals surface area (Å²) in [4.78, 5) is 11.3. The van der Waals surface area contributed by atoms with Gasteiger partial charge in [0.25, 0.3) is 10.0 Å². The first kappa shape index (κ1) is 23.4. The Hall–Kier alpha value is -3.78. The highest BCUT2D eigenvalue weighted by Gasteiger charge is 2.29. The van der Waals surface area contributed by atoms with Crippen molar-refractivity contribution in [2.75, 3.05) is 13.7 Å². The zero-order chi connectivity index (χ0) is 24.3. The van der Waals surface area contributed by atoms with Gasteiger partial charge in [-0.25, -0.2) is 12.4 Å². The maximum absolute atomic E-state index is 14.2. The topological polar surface area (TPSA) is 94.8 Å². The second-order valence-electron chi connectivity index (χ2n) is 7.66. The molecule has 0 aliphatic heterocycles. The lowest BCUT2D eigenvalue weighted by Gasteiger charge is -2.17. The number of carboxylic acid groups (broad SMARTS) is 1. The molecule has 0 saturated heterocycles. The number of aryl methyl sites for hydroxylation is 1. The minimum Gasteiger partial charge on any atom is -0.497 e. The van der Waals surface area contributed by atoms with E-state index >= 15 is 0 Å². The summed E-state index contributed by atoms with van der Waals surface area (Å²) in [6, 6.07) is 19.5. The maximum atomic E-state index is 14.2. The van der Waals surface area contributed by atoms with Crippen LogP contribution < -0.4 is 9.47 Å². The molecule has 0 saturated carbocycles. The first-order chi connectivity index (χ1) is 16.4. The van der Waals surface area contributed by atoms with Crippen LogP contribution in [0.3, 0.4) is 0 Å². The van der Waals surface area contributed by atoms with Gasteiger partial charge in [-0.3, -0.25) is 4.79 Å². The molecule has 0 aliphatic carbocycles. The Morgan fingerprint density at radius 3 is 2.47 bits per heavy atom. The molecule has 1 heterocycles. The van der Waals surface area contributed by atoms with Gasteiger partial charge in [-0.1, -0.05) is 42.5 Å². The zero-order valence-corrected chi connectivity index (χ0v) is 19.7. The van der Waals surface area contributed by atoms with Crippen LogP contribution in [0.1, 0.15) is 18.9 Å². The summed E-state index contributed by atoms with van der Waals surface area (Å²) in [5.74, 6) is -0.148. The second-order valence-corrected chi connectivity index (χ2v) is 9.42. The fourth-order valence-electron chi connectivity index (χ4n) is 4.01. The summed E-state index contributed by atoms with van der Waals surface area (Å²) in [7, 11) is -2.61. The summed E-state index contributed by atoms with van der Waals surface area (Å²) in [5.41, 5.74) is 2.31. The number of hydrogen-bond donors (Lipinski definition) is 1. The van der Waals surface area contributed by atoms with Crippen LogP contribution in [-0.2, 0) is 21.2 Å². The van der Waals surface area contributed by atoms with E-state index in [2.05, 4.69) is 0 Å². The Kier molecular flexibility index (Phi) is 6.61. The predicted molar refractivity (Wildman–Crippen MR) is 130 cm³/mol. The van der Waals surface area contributed by atoms with Crippen molar-refractivity contribution < 1.29 is 27.8 Å². The van der Waals surface area contributed by atoms with Gasteiger partial charge in [0.15, 0.2) is 0 Å². The summed E-state index contributed by atoms with van der Waals surface area (Å²) < 4.78 is 40.6. The number of rotatable bonds is 9. The molecule has 4 rings (SSSR count). The molecule has 0 radical (unpaired) electrons. The van der Waals surface area contributed by atoms with Crippen LogP contribution in [0.4, 0.5) is 0 Å². The number of nitrogens with zero attached hydrogens (tertiary/aromatic N) is 1. The molecule has 1 N–H and O–H groups in total. The van der Waals surface area contributed by atoms with Crippen molar-refractivity contribution in [2.45, 2.75) is 24.7 Å². The minimum absolute atomic E-state index is 0.0561. The SMILES string of the molecule is CCOc1cccc(-c2ccccc2)c1S(=O)(=O)n1cc(CCC(=O)O)c2cc(OC)ccc21. The number of carbonyl (C=O) groups is 1. The summed E-state index contributed by atoms with van der Waals surface area (Å²) in [5, 5.41) is 9.81. The molecule has 0 amide bonds. The second kappa shape index (κ2) is 9.61. The Balaban J connectivity index is 1.99. The van der Waals surface area contributed by atoms with E-state index in [4.69, 9.17) is 9.47 Å². The first-order valence-electron chi connectivity index (χ1n) is 10.8. The molecule has 8 heteroatoms. The number of benzene rings is 3. The summed E-state index contributed by atoms with van der Waals surface area (Å²) in [6.45, 7) is 2.10. The van der Waals surface area contributed by atoms with E-state index < -0.39 is 16.0 Å². The van der Waals surface area contributed by atoms with E-state index in [0.717, 1.165) is 5.56 Å². The Labute approximate surface area is 198 Å². The highest BCUT2D eigenvalue weighted by atomic mass is 32.2. The average Bonchev–Trinajstić information content (AvgIpc) is 3.22. The fourth-order valence-corrected chi connectivity index (χ4v) is 5.73. The van der Waals surface area contributed by atoms with Gasteiger partial charge in [-0.2, -0.15) is 0 Å². The van der Waals surface area contributed by atoms with Crippen molar-refractivity contribution in [3.63, 3.8) is 0 Å². The standard InChI is InChI=1S/C26H25NO6S/c1-3-33-24-11-7-10-21(18-8-5-4-6-9-18)26(24)34(30,31)27-17-19(12-15-25(28)29)22-16-20(32-2)13-14-23(22)27/h4-11,13-14,16-17H,3,12,15H2,1-2H3,(H,28,29). The lowest BCUT2D eigenvalue weighted by atomic mass is 10.1. The van der Waals surface area contributed by atoms with E-state index in [1.165, 1.54) is 17.3 Å². The maximum Gasteiger partial charge on any atom is 0.303 e. The van der Waals surface area contributed by atoms with Gasteiger partial charge in [0.1, 0.15) is 16.4 Å². The molecule has 3 aromatic carbocycles. The van der Waals surface area contributed by atoms with Crippen molar-refractivity contribution in [1.82, 2.24) is 3.97 Å². The van der Waals surface area contributed by atoms with E-state index in [1.807, 2.05) is 30.3 Å². The van der Waals surface area contributed by atoms with Crippen LogP contribution in [0.25, 0.3) is 22.0 Å². The lowest BCUT2D eigenvalue weighted by Crippen LogP contribution is -2.15. The number of methoxy groups -OCH3 is 1. The average molecular weight is 480 g/mol. The number of hydrogen-bond acceptors (Lipinski definition) is 5. The largest absolute Gasteiger partial charge is 0.497 e. The molecule has 4 aromatic rings. The van der Waals surface area contributed by atoms with Crippen LogP contribution in [-0.4, -0.2) is 37.2 Å². The van der Waals surface area contributed by atoms with Gasteiger partial charge in [-0.05, 0) is 48.7 Å². The van der Waals surface area contributed by atoms with Crippen molar-refractivity contribution in [2.24, 2.45) is 0 Å². The van der Waals surface area contributed by atoms with Crippen molar-refractivity contribution in [3.05, 3.63) is 78.5 Å². The molecule has 1 aromatic heterocycles. The molecular weight excluding hydrogens is 454 g/mol. The minimum atomic E-state index is -4.13. The molecule has 0 unspecified atom stereocenters. The predicted octanol–water partition coefficient (Wildman–Crippen LogP) is 4.97. The molecule has 7 nitrogen and oxygen atoms in total. The van der Waals surface area contributed by atoms with E-state index in [9.17, 15) is 18.3 Å². The summed E-state index contributed by atoms with van der Waals surface area (Å²) in [6.07, 6.45) is 1.56. The van der Waals surface area contributed by atoms with Gasteiger partial charge in [0.2, 0.25) is 0 Å². The Morgan fingerprint density at radius 2 is 1.79 bits per heavy atom. The molecule has 0 spiro atoms. The smallest absolute Gasteiger partial charge is 0.303 e. The monoisotopic (exact) mass is 479 g/mol. The van der Waals surface area contributed by atoms with E-state index in [-0.39, 0.29) is 23.5 Å². The Morgan fingerprint density at radius 1 is 1.03 bits per heavy atom.